The molecule has 0 unspecified atom stereocenters. The van der Waals surface area contributed by atoms with E-state index in [0.29, 0.717) is 49.9 Å². The number of carbonyl (C=O) groups excluding carboxylic acids is 1. The molecular weight excluding hydrogens is 683 g/mol. The molecule has 5 rings (SSSR count). The number of amides is 2. The molecule has 276 valence electrons. The van der Waals surface area contributed by atoms with E-state index in [1.54, 1.807) is 18.0 Å². The largest absolute Gasteiger partial charge is 0.489 e. The van der Waals surface area contributed by atoms with Crippen LogP contribution >= 0.6 is 0 Å². The minimum atomic E-state index is -3.66. The predicted molar refractivity (Wildman–Crippen MR) is 190 cm³/mol. The SMILES string of the molecule is CCS(=O)(=O)Nc1ccc(Oc2ccc(C3CCN(C(=O)OC(C)(C)C)CC3)cc2F)c(-c2cn(C)c(=O)cc2OC2CCN(C(=O)O)CC2)c1. The molecule has 2 aliphatic rings. The van der Waals surface area contributed by atoms with Crippen molar-refractivity contribution in [2.75, 3.05) is 36.7 Å². The average Bonchev–Trinajstić information content (AvgIpc) is 3.07. The second-order valence-corrected chi connectivity index (χ2v) is 15.8. The molecule has 0 spiro atoms. The van der Waals surface area contributed by atoms with Crippen molar-refractivity contribution in [3.63, 3.8) is 0 Å². The van der Waals surface area contributed by atoms with Crippen LogP contribution in [0.3, 0.4) is 0 Å². The first-order valence-corrected chi connectivity index (χ1v) is 18.6. The van der Waals surface area contributed by atoms with Gasteiger partial charge in [0.15, 0.2) is 11.6 Å². The van der Waals surface area contributed by atoms with Gasteiger partial charge < -0.3 is 33.7 Å². The second-order valence-electron chi connectivity index (χ2n) is 13.8. The first-order valence-electron chi connectivity index (χ1n) is 17.0. The maximum absolute atomic E-state index is 15.7. The number of anilines is 1. The van der Waals surface area contributed by atoms with Crippen LogP contribution in [0.4, 0.5) is 19.7 Å². The predicted octanol–water partition coefficient (Wildman–Crippen LogP) is 6.38. The number of hydrogen-bond donors (Lipinski definition) is 2. The van der Waals surface area contributed by atoms with Gasteiger partial charge in [-0.3, -0.25) is 9.52 Å². The fourth-order valence-electron chi connectivity index (χ4n) is 6.10. The van der Waals surface area contributed by atoms with Gasteiger partial charge in [0, 0.05) is 75.1 Å². The summed E-state index contributed by atoms with van der Waals surface area (Å²) in [4.78, 5) is 39.7. The molecule has 0 aliphatic carbocycles. The normalized spacial score (nSPS) is 16.1. The number of carboxylic acid groups (broad SMARTS) is 1. The average molecular weight is 729 g/mol. The van der Waals surface area contributed by atoms with Gasteiger partial charge in [-0.15, -0.1) is 0 Å². The Hall–Kier alpha value is -4.79. The van der Waals surface area contributed by atoms with E-state index in [2.05, 4.69) is 4.72 Å². The lowest BCUT2D eigenvalue weighted by molar-refractivity contribution is 0.0204. The summed E-state index contributed by atoms with van der Waals surface area (Å²) in [7, 11) is -2.10. The van der Waals surface area contributed by atoms with E-state index in [1.807, 2.05) is 20.8 Å². The molecule has 3 aromatic rings. The molecule has 2 saturated heterocycles. The summed E-state index contributed by atoms with van der Waals surface area (Å²) in [5.74, 6) is -0.438. The van der Waals surface area contributed by atoms with E-state index in [4.69, 9.17) is 14.2 Å². The standard InChI is InChI=1S/C36H45FN4O9S/c1-6-51(46,47)38-25-8-10-30(27(20-25)28-22-39(5)33(42)21-32(28)48-26-13-17-40(18-14-26)34(43)44)49-31-9-7-24(19-29(31)37)23-11-15-41(16-12-23)35(45)50-36(2,3)4/h7-10,19-23,26,38H,6,11-18H2,1-5H3,(H,43,44). The summed E-state index contributed by atoms with van der Waals surface area (Å²) in [5, 5.41) is 9.34. The molecular formula is C36H45FN4O9S. The lowest BCUT2D eigenvalue weighted by Gasteiger charge is -2.33. The maximum Gasteiger partial charge on any atom is 0.410 e. The molecule has 15 heteroatoms. The highest BCUT2D eigenvalue weighted by Gasteiger charge is 2.29. The maximum atomic E-state index is 15.7. The number of nitrogens with one attached hydrogen (secondary N) is 1. The van der Waals surface area contributed by atoms with Gasteiger partial charge in [-0.25, -0.2) is 22.4 Å². The fourth-order valence-corrected chi connectivity index (χ4v) is 6.73. The molecule has 0 saturated carbocycles. The van der Waals surface area contributed by atoms with Gasteiger partial charge in [0.25, 0.3) is 5.56 Å². The van der Waals surface area contributed by atoms with Gasteiger partial charge in [0.2, 0.25) is 10.0 Å². The van der Waals surface area contributed by atoms with Crippen LogP contribution in [0.2, 0.25) is 0 Å². The van der Waals surface area contributed by atoms with Gasteiger partial charge in [-0.2, -0.15) is 0 Å². The number of carbonyl (C=O) groups is 2. The molecule has 51 heavy (non-hydrogen) atoms. The number of ether oxygens (including phenoxy) is 3. The van der Waals surface area contributed by atoms with Crippen LogP contribution in [-0.2, 0) is 21.8 Å². The number of aromatic nitrogens is 1. The minimum Gasteiger partial charge on any atom is -0.489 e. The number of aryl methyl sites for hydroxylation is 1. The van der Waals surface area contributed by atoms with Crippen molar-refractivity contribution >= 4 is 27.9 Å². The van der Waals surface area contributed by atoms with Crippen LogP contribution in [0.15, 0.2) is 53.5 Å². The van der Waals surface area contributed by atoms with Gasteiger partial charge in [-0.1, -0.05) is 6.07 Å². The van der Waals surface area contributed by atoms with Crippen molar-refractivity contribution in [3.05, 3.63) is 70.4 Å². The van der Waals surface area contributed by atoms with Gasteiger partial charge in [0.05, 0.1) is 5.75 Å². The van der Waals surface area contributed by atoms with Gasteiger partial charge in [-0.05, 0) is 82.3 Å². The number of sulfonamides is 1. The smallest absolute Gasteiger partial charge is 0.410 e. The molecule has 0 radical (unpaired) electrons. The number of rotatable bonds is 9. The van der Waals surface area contributed by atoms with E-state index >= 15 is 4.39 Å². The lowest BCUT2D eigenvalue weighted by atomic mass is 9.89. The fraction of sp³-hybridized carbons (Fsp3) is 0.472. The van der Waals surface area contributed by atoms with Crippen molar-refractivity contribution in [1.29, 1.82) is 0 Å². The highest BCUT2D eigenvalue weighted by Crippen LogP contribution is 2.41. The summed E-state index contributed by atoms with van der Waals surface area (Å²) < 4.78 is 62.5. The van der Waals surface area contributed by atoms with Crippen LogP contribution in [0.5, 0.6) is 17.2 Å². The topological polar surface area (TPSA) is 157 Å². The Labute approximate surface area is 297 Å². The molecule has 2 N–H and O–H groups in total. The summed E-state index contributed by atoms with van der Waals surface area (Å²) in [5.41, 5.74) is 0.764. The zero-order valence-corrected chi connectivity index (χ0v) is 30.3. The first kappa shape index (κ1) is 37.5. The quantitative estimate of drug-likeness (QED) is 0.255. The van der Waals surface area contributed by atoms with Crippen molar-refractivity contribution in [2.45, 2.75) is 71.0 Å². The molecule has 2 fully saturated rings. The zero-order chi connectivity index (χ0) is 37.1. The second kappa shape index (κ2) is 15.2. The van der Waals surface area contributed by atoms with E-state index in [1.165, 1.54) is 59.0 Å². The number of benzene rings is 2. The molecule has 13 nitrogen and oxygen atoms in total. The number of piperidine rings is 2. The van der Waals surface area contributed by atoms with Crippen LogP contribution in [0.1, 0.15) is 64.9 Å². The van der Waals surface area contributed by atoms with E-state index in [0.717, 1.165) is 5.56 Å². The van der Waals surface area contributed by atoms with Crippen LogP contribution in [0.25, 0.3) is 11.1 Å². The van der Waals surface area contributed by atoms with Crippen molar-refractivity contribution in [3.8, 4) is 28.4 Å². The Bertz CT molecular complexity index is 1930. The number of likely N-dealkylation sites (tertiary alicyclic amines) is 2. The Morgan fingerprint density at radius 1 is 0.922 bits per heavy atom. The monoisotopic (exact) mass is 728 g/mol. The first-order chi connectivity index (χ1) is 24.0. The van der Waals surface area contributed by atoms with E-state index in [9.17, 15) is 27.9 Å². The summed E-state index contributed by atoms with van der Waals surface area (Å²) in [6.07, 6.45) is 1.85. The Kier molecular flexibility index (Phi) is 11.2. The van der Waals surface area contributed by atoms with Crippen LogP contribution in [-0.4, -0.2) is 83.7 Å². The Morgan fingerprint density at radius 2 is 1.57 bits per heavy atom. The molecule has 2 aliphatic heterocycles. The van der Waals surface area contributed by atoms with Gasteiger partial charge >= 0.3 is 12.2 Å². The summed E-state index contributed by atoms with van der Waals surface area (Å²) >= 11 is 0. The highest BCUT2D eigenvalue weighted by molar-refractivity contribution is 7.92. The van der Waals surface area contributed by atoms with E-state index in [-0.39, 0.29) is 59.3 Å². The lowest BCUT2D eigenvalue weighted by Crippen LogP contribution is -2.41. The molecule has 2 aromatic carbocycles. The zero-order valence-electron chi connectivity index (χ0n) is 29.5. The molecule has 3 heterocycles. The van der Waals surface area contributed by atoms with Crippen molar-refractivity contribution < 1.29 is 41.7 Å². The highest BCUT2D eigenvalue weighted by atomic mass is 32.2. The molecule has 1 aromatic heterocycles. The Balaban J connectivity index is 1.43. The van der Waals surface area contributed by atoms with Gasteiger partial charge in [0.1, 0.15) is 23.2 Å². The summed E-state index contributed by atoms with van der Waals surface area (Å²) in [6.45, 7) is 8.46. The number of hydrogen-bond acceptors (Lipinski definition) is 8. The van der Waals surface area contributed by atoms with Crippen molar-refractivity contribution in [2.24, 2.45) is 7.05 Å². The van der Waals surface area contributed by atoms with Crippen molar-refractivity contribution in [1.82, 2.24) is 14.4 Å². The number of nitrogens with zero attached hydrogens (tertiary/aromatic N) is 3. The molecule has 0 atom stereocenters. The molecule has 0 bridgehead atoms. The molecule has 2 amide bonds. The minimum absolute atomic E-state index is 0.0290. The third-order valence-corrected chi connectivity index (χ3v) is 10.2. The van der Waals surface area contributed by atoms with Crippen LogP contribution in [0, 0.1) is 5.82 Å². The van der Waals surface area contributed by atoms with Crippen LogP contribution < -0.4 is 19.8 Å². The van der Waals surface area contributed by atoms with E-state index < -0.39 is 33.6 Å². The summed E-state index contributed by atoms with van der Waals surface area (Å²) in [6, 6.07) is 10.6. The Morgan fingerprint density at radius 3 is 2.18 bits per heavy atom. The third kappa shape index (κ3) is 9.51. The number of pyridine rings is 1. The third-order valence-electron chi connectivity index (χ3n) is 8.91. The number of halogens is 1.